The first-order valence-corrected chi connectivity index (χ1v) is 13.5. The third-order valence-electron chi connectivity index (χ3n) is 5.79. The van der Waals surface area contributed by atoms with Crippen molar-refractivity contribution in [2.45, 2.75) is 155 Å². The molecule has 0 spiro atoms. The van der Waals surface area contributed by atoms with E-state index in [1.807, 2.05) is 0 Å². The Bertz CT molecular complexity index is 402. The van der Waals surface area contributed by atoms with E-state index in [9.17, 15) is 9.59 Å². The molecule has 0 heterocycles. The van der Waals surface area contributed by atoms with Crippen LogP contribution in [0, 0.1) is 0 Å². The normalized spacial score (nSPS) is 11.1. The monoisotopic (exact) mass is 440 g/mol. The molecule has 0 aromatic rings. The molecule has 4 heteroatoms. The van der Waals surface area contributed by atoms with Crippen LogP contribution < -0.4 is 0 Å². The zero-order valence-corrected chi connectivity index (χ0v) is 21.1. The summed E-state index contributed by atoms with van der Waals surface area (Å²) in [4.78, 5) is 23.7. The van der Waals surface area contributed by atoms with Crippen LogP contribution in [0.5, 0.6) is 0 Å². The molecular weight excluding hydrogens is 388 g/mol. The second-order valence-electron chi connectivity index (χ2n) is 9.01. The van der Waals surface area contributed by atoms with Gasteiger partial charge < -0.3 is 9.47 Å². The molecule has 0 fully saturated rings. The lowest BCUT2D eigenvalue weighted by Gasteiger charge is -2.16. The Morgan fingerprint density at radius 1 is 0.548 bits per heavy atom. The predicted octanol–water partition coefficient (Wildman–Crippen LogP) is 8.30. The number of hydrogen-bond acceptors (Lipinski definition) is 4. The molecule has 0 N–H and O–H groups in total. The molecule has 0 aliphatic carbocycles. The lowest BCUT2D eigenvalue weighted by atomic mass is 10.1. The van der Waals surface area contributed by atoms with Gasteiger partial charge in [-0.15, -0.1) is 0 Å². The fourth-order valence-corrected chi connectivity index (χ4v) is 3.89. The van der Waals surface area contributed by atoms with Crippen LogP contribution in [0.25, 0.3) is 0 Å². The van der Waals surface area contributed by atoms with Crippen LogP contribution in [0.3, 0.4) is 0 Å². The molecule has 0 aliphatic rings. The maximum atomic E-state index is 11.9. The number of esters is 2. The van der Waals surface area contributed by atoms with Crippen LogP contribution >= 0.6 is 0 Å². The summed E-state index contributed by atoms with van der Waals surface area (Å²) in [6.45, 7) is 7.09. The van der Waals surface area contributed by atoms with E-state index < -0.39 is 0 Å². The van der Waals surface area contributed by atoms with Crippen molar-refractivity contribution in [1.82, 2.24) is 0 Å². The minimum Gasteiger partial charge on any atom is -0.466 e. The van der Waals surface area contributed by atoms with Gasteiger partial charge in [0.05, 0.1) is 6.61 Å². The van der Waals surface area contributed by atoms with Gasteiger partial charge in [0, 0.05) is 12.8 Å². The first-order chi connectivity index (χ1) is 15.1. The SMILES string of the molecule is CCCCCCCCCCOC(=O)CCCCCCCCC(=O)OC(CCC)CCC. The van der Waals surface area contributed by atoms with Gasteiger partial charge in [0.2, 0.25) is 0 Å². The van der Waals surface area contributed by atoms with Crippen LogP contribution in [0.15, 0.2) is 0 Å². The van der Waals surface area contributed by atoms with Gasteiger partial charge in [0.1, 0.15) is 6.10 Å². The lowest BCUT2D eigenvalue weighted by molar-refractivity contribution is -0.150. The lowest BCUT2D eigenvalue weighted by Crippen LogP contribution is -2.17. The van der Waals surface area contributed by atoms with Crippen LogP contribution in [0.1, 0.15) is 149 Å². The van der Waals surface area contributed by atoms with Crippen molar-refractivity contribution < 1.29 is 19.1 Å². The van der Waals surface area contributed by atoms with Gasteiger partial charge in [0.25, 0.3) is 0 Å². The second kappa shape index (κ2) is 23.6. The van der Waals surface area contributed by atoms with Gasteiger partial charge >= 0.3 is 11.9 Å². The number of rotatable bonds is 23. The maximum absolute atomic E-state index is 11.9. The van der Waals surface area contributed by atoms with Crippen LogP contribution in [-0.4, -0.2) is 24.6 Å². The first-order valence-electron chi connectivity index (χ1n) is 13.5. The van der Waals surface area contributed by atoms with Gasteiger partial charge in [-0.3, -0.25) is 9.59 Å². The second-order valence-corrected chi connectivity index (χ2v) is 9.01. The van der Waals surface area contributed by atoms with Crippen molar-refractivity contribution in [3.63, 3.8) is 0 Å². The van der Waals surface area contributed by atoms with Gasteiger partial charge in [-0.05, 0) is 32.1 Å². The summed E-state index contributed by atoms with van der Waals surface area (Å²) in [5.74, 6) is -0.0782. The number of unbranched alkanes of at least 4 members (excludes halogenated alkanes) is 12. The van der Waals surface area contributed by atoms with Crippen molar-refractivity contribution in [3.8, 4) is 0 Å². The molecule has 0 bridgehead atoms. The van der Waals surface area contributed by atoms with Gasteiger partial charge in [-0.2, -0.15) is 0 Å². The number of carbonyl (C=O) groups excluding carboxylic acids is 2. The molecule has 4 nitrogen and oxygen atoms in total. The average molecular weight is 441 g/mol. The highest BCUT2D eigenvalue weighted by atomic mass is 16.5. The third-order valence-corrected chi connectivity index (χ3v) is 5.79. The Morgan fingerprint density at radius 2 is 1.00 bits per heavy atom. The van der Waals surface area contributed by atoms with Crippen LogP contribution in [-0.2, 0) is 19.1 Å². The fraction of sp³-hybridized carbons (Fsp3) is 0.926. The molecule has 0 aromatic carbocycles. The number of carbonyl (C=O) groups is 2. The van der Waals surface area contributed by atoms with E-state index in [0.29, 0.717) is 19.4 Å². The van der Waals surface area contributed by atoms with Crippen molar-refractivity contribution in [2.24, 2.45) is 0 Å². The van der Waals surface area contributed by atoms with Crippen LogP contribution in [0.4, 0.5) is 0 Å². The fourth-order valence-electron chi connectivity index (χ4n) is 3.89. The molecule has 0 rings (SSSR count). The molecule has 0 amide bonds. The van der Waals surface area contributed by atoms with E-state index in [0.717, 1.165) is 70.6 Å². The summed E-state index contributed by atoms with van der Waals surface area (Å²) in [6.07, 6.45) is 21.5. The minimum atomic E-state index is -0.0422. The van der Waals surface area contributed by atoms with E-state index in [1.54, 1.807) is 0 Å². The van der Waals surface area contributed by atoms with E-state index in [1.165, 1.54) is 44.9 Å². The largest absolute Gasteiger partial charge is 0.466 e. The average Bonchev–Trinajstić information content (AvgIpc) is 2.74. The standard InChI is InChI=1S/C27H52O4/c1-4-7-8-9-10-13-16-19-24-30-26(28)22-17-14-11-12-15-18-23-27(29)31-25(20-5-2)21-6-3/h25H,4-24H2,1-3H3. The maximum Gasteiger partial charge on any atom is 0.306 e. The van der Waals surface area contributed by atoms with E-state index in [-0.39, 0.29) is 18.0 Å². The Kier molecular flexibility index (Phi) is 22.8. The Balaban J connectivity index is 3.40. The molecule has 0 radical (unpaired) electrons. The number of hydrogen-bond donors (Lipinski definition) is 0. The molecule has 0 saturated heterocycles. The summed E-state index contributed by atoms with van der Waals surface area (Å²) < 4.78 is 10.9. The summed E-state index contributed by atoms with van der Waals surface area (Å²) in [7, 11) is 0. The van der Waals surface area contributed by atoms with E-state index in [2.05, 4.69) is 20.8 Å². The highest BCUT2D eigenvalue weighted by molar-refractivity contribution is 5.69. The quantitative estimate of drug-likeness (QED) is 0.118. The van der Waals surface area contributed by atoms with E-state index >= 15 is 0 Å². The smallest absolute Gasteiger partial charge is 0.306 e. The zero-order valence-electron chi connectivity index (χ0n) is 21.1. The van der Waals surface area contributed by atoms with Crippen molar-refractivity contribution >= 4 is 11.9 Å². The summed E-state index contributed by atoms with van der Waals surface area (Å²) in [6, 6.07) is 0. The molecule has 184 valence electrons. The Labute approximate surface area is 193 Å². The zero-order chi connectivity index (χ0) is 23.0. The highest BCUT2D eigenvalue weighted by Gasteiger charge is 2.12. The van der Waals surface area contributed by atoms with Crippen molar-refractivity contribution in [1.29, 1.82) is 0 Å². The van der Waals surface area contributed by atoms with Crippen LogP contribution in [0.2, 0.25) is 0 Å². The van der Waals surface area contributed by atoms with Gasteiger partial charge in [-0.1, -0.05) is 104 Å². The van der Waals surface area contributed by atoms with Crippen molar-refractivity contribution in [3.05, 3.63) is 0 Å². The number of ether oxygens (including phenoxy) is 2. The Morgan fingerprint density at radius 3 is 1.52 bits per heavy atom. The Hall–Kier alpha value is -1.06. The highest BCUT2D eigenvalue weighted by Crippen LogP contribution is 2.13. The molecule has 0 aromatic heterocycles. The topological polar surface area (TPSA) is 52.6 Å². The summed E-state index contributed by atoms with van der Waals surface area (Å²) >= 11 is 0. The molecule has 0 saturated carbocycles. The van der Waals surface area contributed by atoms with E-state index in [4.69, 9.17) is 9.47 Å². The third kappa shape index (κ3) is 21.9. The molecular formula is C27H52O4. The minimum absolute atomic E-state index is 0.0360. The van der Waals surface area contributed by atoms with Crippen molar-refractivity contribution in [2.75, 3.05) is 6.61 Å². The van der Waals surface area contributed by atoms with Gasteiger partial charge in [-0.25, -0.2) is 0 Å². The molecule has 0 unspecified atom stereocenters. The van der Waals surface area contributed by atoms with Gasteiger partial charge in [0.15, 0.2) is 0 Å². The first kappa shape index (κ1) is 29.9. The molecule has 0 aliphatic heterocycles. The summed E-state index contributed by atoms with van der Waals surface area (Å²) in [5.41, 5.74) is 0. The molecule has 0 atom stereocenters. The molecule has 31 heavy (non-hydrogen) atoms. The predicted molar refractivity (Wildman–Crippen MR) is 130 cm³/mol. The summed E-state index contributed by atoms with van der Waals surface area (Å²) in [5, 5.41) is 0.